The molecule has 2 rings (SSSR count). The number of benzene rings is 1. The first-order valence-corrected chi connectivity index (χ1v) is 4.96. The van der Waals surface area contributed by atoms with Crippen LogP contribution in [0.1, 0.15) is 0 Å². The van der Waals surface area contributed by atoms with E-state index in [1.54, 1.807) is 0 Å². The fourth-order valence-electron chi connectivity index (χ4n) is 1.49. The van der Waals surface area contributed by atoms with Crippen molar-refractivity contribution in [3.8, 4) is 0 Å². The predicted molar refractivity (Wildman–Crippen MR) is 56.7 cm³/mol. The van der Waals surface area contributed by atoms with Gasteiger partial charge in [0.05, 0.1) is 6.61 Å². The van der Waals surface area contributed by atoms with Crippen LogP contribution in [0.4, 0.5) is 0 Å². The van der Waals surface area contributed by atoms with E-state index in [4.69, 9.17) is 5.11 Å². The third-order valence-corrected chi connectivity index (χ3v) is 2.79. The quantitative estimate of drug-likeness (QED) is 0.856. The van der Waals surface area contributed by atoms with E-state index in [2.05, 4.69) is 28.1 Å². The molecule has 3 heteroatoms. The number of aliphatic hydroxyl groups excluding tert-OH is 1. The summed E-state index contributed by atoms with van der Waals surface area (Å²) in [5.41, 5.74) is 1.16. The van der Waals surface area contributed by atoms with Crippen molar-refractivity contribution in [1.29, 1.82) is 0 Å². The number of hydrogen-bond donors (Lipinski definition) is 1. The Morgan fingerprint density at radius 3 is 2.92 bits per heavy atom. The fourth-order valence-corrected chi connectivity index (χ4v) is 1.98. The van der Waals surface area contributed by atoms with Crippen molar-refractivity contribution >= 4 is 26.8 Å². The van der Waals surface area contributed by atoms with E-state index in [0.29, 0.717) is 6.54 Å². The average molecular weight is 240 g/mol. The normalized spacial score (nSPS) is 10.9. The third-order valence-electron chi connectivity index (χ3n) is 2.10. The molecule has 13 heavy (non-hydrogen) atoms. The minimum absolute atomic E-state index is 0.177. The lowest BCUT2D eigenvalue weighted by Gasteiger charge is -2.02. The highest BCUT2D eigenvalue weighted by Crippen LogP contribution is 2.24. The van der Waals surface area contributed by atoms with Gasteiger partial charge in [-0.25, -0.2) is 0 Å². The largest absolute Gasteiger partial charge is 0.395 e. The van der Waals surface area contributed by atoms with Crippen molar-refractivity contribution in [2.45, 2.75) is 6.54 Å². The van der Waals surface area contributed by atoms with Crippen LogP contribution in [0.15, 0.2) is 34.9 Å². The molecular weight excluding hydrogens is 230 g/mol. The zero-order valence-electron chi connectivity index (χ0n) is 7.07. The highest BCUT2D eigenvalue weighted by Gasteiger charge is 2.01. The van der Waals surface area contributed by atoms with Gasteiger partial charge in [-0.2, -0.15) is 0 Å². The zero-order chi connectivity index (χ0) is 9.26. The summed E-state index contributed by atoms with van der Waals surface area (Å²) in [5, 5.41) is 10.0. The molecule has 0 atom stereocenters. The summed E-state index contributed by atoms with van der Waals surface area (Å²) in [4.78, 5) is 0. The molecule has 0 aliphatic rings. The van der Waals surface area contributed by atoms with Gasteiger partial charge in [0.15, 0.2) is 0 Å². The minimum Gasteiger partial charge on any atom is -0.395 e. The molecule has 0 spiro atoms. The highest BCUT2D eigenvalue weighted by molar-refractivity contribution is 9.10. The van der Waals surface area contributed by atoms with E-state index in [-0.39, 0.29) is 6.61 Å². The molecule has 0 unspecified atom stereocenters. The maximum Gasteiger partial charge on any atom is 0.0610 e. The molecule has 0 aliphatic heterocycles. The van der Waals surface area contributed by atoms with Crippen LogP contribution < -0.4 is 0 Å². The van der Waals surface area contributed by atoms with Crippen molar-refractivity contribution in [1.82, 2.24) is 4.57 Å². The summed E-state index contributed by atoms with van der Waals surface area (Å²) >= 11 is 3.49. The molecule has 2 nitrogen and oxygen atoms in total. The summed E-state index contributed by atoms with van der Waals surface area (Å²) in [5.74, 6) is 0. The van der Waals surface area contributed by atoms with Gasteiger partial charge in [-0.1, -0.05) is 22.0 Å². The monoisotopic (exact) mass is 239 g/mol. The van der Waals surface area contributed by atoms with Gasteiger partial charge in [0.1, 0.15) is 0 Å². The van der Waals surface area contributed by atoms with E-state index < -0.39 is 0 Å². The van der Waals surface area contributed by atoms with Gasteiger partial charge in [0.2, 0.25) is 0 Å². The van der Waals surface area contributed by atoms with Crippen LogP contribution in [0.3, 0.4) is 0 Å². The first-order chi connectivity index (χ1) is 6.33. The number of rotatable bonds is 2. The van der Waals surface area contributed by atoms with Crippen LogP contribution >= 0.6 is 15.9 Å². The van der Waals surface area contributed by atoms with Crippen molar-refractivity contribution in [2.75, 3.05) is 6.61 Å². The molecule has 0 bridgehead atoms. The molecule has 0 fully saturated rings. The summed E-state index contributed by atoms with van der Waals surface area (Å²) in [7, 11) is 0. The molecule has 1 N–H and O–H groups in total. The Morgan fingerprint density at radius 2 is 2.15 bits per heavy atom. The smallest absolute Gasteiger partial charge is 0.0610 e. The van der Waals surface area contributed by atoms with E-state index in [1.807, 2.05) is 22.9 Å². The summed E-state index contributed by atoms with van der Waals surface area (Å²) in [6, 6.07) is 8.12. The van der Waals surface area contributed by atoms with E-state index in [0.717, 1.165) is 9.99 Å². The number of halogens is 1. The molecule has 0 radical (unpaired) electrons. The molecule has 1 heterocycles. The lowest BCUT2D eigenvalue weighted by Crippen LogP contribution is -1.99. The van der Waals surface area contributed by atoms with Gasteiger partial charge >= 0.3 is 0 Å². The van der Waals surface area contributed by atoms with Crippen LogP contribution in [0.2, 0.25) is 0 Å². The molecule has 0 saturated carbocycles. The minimum atomic E-state index is 0.177. The highest BCUT2D eigenvalue weighted by atomic mass is 79.9. The Hall–Kier alpha value is -0.800. The SMILES string of the molecule is OCCn1ccc2c(Br)cccc21. The van der Waals surface area contributed by atoms with Crippen molar-refractivity contribution in [3.63, 3.8) is 0 Å². The molecule has 68 valence electrons. The molecular formula is C10H10BrNO. The van der Waals surface area contributed by atoms with Gasteiger partial charge in [-0.15, -0.1) is 0 Å². The number of nitrogens with zero attached hydrogens (tertiary/aromatic N) is 1. The molecule has 1 aromatic carbocycles. The van der Waals surface area contributed by atoms with Crippen LogP contribution in [0, 0.1) is 0 Å². The molecule has 0 amide bonds. The van der Waals surface area contributed by atoms with Gasteiger partial charge < -0.3 is 9.67 Å². The predicted octanol–water partition coefficient (Wildman–Crippen LogP) is 2.40. The van der Waals surface area contributed by atoms with E-state index in [9.17, 15) is 0 Å². The number of aromatic nitrogens is 1. The number of aliphatic hydroxyl groups is 1. The molecule has 1 aromatic heterocycles. The Kier molecular flexibility index (Phi) is 2.38. The van der Waals surface area contributed by atoms with Crippen molar-refractivity contribution in [3.05, 3.63) is 34.9 Å². The second-order valence-corrected chi connectivity index (χ2v) is 3.76. The lowest BCUT2D eigenvalue weighted by atomic mass is 10.2. The first-order valence-electron chi connectivity index (χ1n) is 4.17. The topological polar surface area (TPSA) is 25.2 Å². The maximum atomic E-state index is 8.83. The average Bonchev–Trinajstić information content (AvgIpc) is 2.51. The van der Waals surface area contributed by atoms with E-state index >= 15 is 0 Å². The first kappa shape index (κ1) is 8.78. The van der Waals surface area contributed by atoms with Gasteiger partial charge in [0.25, 0.3) is 0 Å². The zero-order valence-corrected chi connectivity index (χ0v) is 8.66. The Labute approximate surface area is 84.9 Å². The number of hydrogen-bond acceptors (Lipinski definition) is 1. The molecule has 2 aromatic rings. The summed E-state index contributed by atoms with van der Waals surface area (Å²) in [6.45, 7) is 0.830. The van der Waals surface area contributed by atoms with Gasteiger partial charge in [0, 0.05) is 28.1 Å². The molecule has 0 saturated heterocycles. The van der Waals surface area contributed by atoms with Crippen LogP contribution in [-0.4, -0.2) is 16.3 Å². The fraction of sp³-hybridized carbons (Fsp3) is 0.200. The summed E-state index contributed by atoms with van der Waals surface area (Å²) < 4.78 is 3.14. The van der Waals surface area contributed by atoms with Crippen molar-refractivity contribution < 1.29 is 5.11 Å². The van der Waals surface area contributed by atoms with Gasteiger partial charge in [-0.05, 0) is 18.2 Å². The molecule has 0 aliphatic carbocycles. The van der Waals surface area contributed by atoms with Crippen LogP contribution in [0.25, 0.3) is 10.9 Å². The second kappa shape index (κ2) is 3.52. The third kappa shape index (κ3) is 1.49. The van der Waals surface area contributed by atoms with Crippen LogP contribution in [0.5, 0.6) is 0 Å². The van der Waals surface area contributed by atoms with E-state index in [1.165, 1.54) is 5.39 Å². The summed E-state index contributed by atoms with van der Waals surface area (Å²) in [6.07, 6.45) is 1.99. The van der Waals surface area contributed by atoms with Gasteiger partial charge in [-0.3, -0.25) is 0 Å². The Bertz CT molecular complexity index is 422. The second-order valence-electron chi connectivity index (χ2n) is 2.91. The number of fused-ring (bicyclic) bond motifs is 1. The maximum absolute atomic E-state index is 8.83. The van der Waals surface area contributed by atoms with Crippen molar-refractivity contribution in [2.24, 2.45) is 0 Å². The Morgan fingerprint density at radius 1 is 1.31 bits per heavy atom. The Balaban J connectivity index is 2.61. The lowest BCUT2D eigenvalue weighted by molar-refractivity contribution is 0.278. The van der Waals surface area contributed by atoms with Crippen LogP contribution in [-0.2, 0) is 6.54 Å². The standard InChI is InChI=1S/C10H10BrNO/c11-9-2-1-3-10-8(9)4-5-12(10)6-7-13/h1-5,13H,6-7H2.